The van der Waals surface area contributed by atoms with Crippen molar-refractivity contribution in [3.05, 3.63) is 0 Å². The lowest BCUT2D eigenvalue weighted by atomic mass is 10.3. The highest BCUT2D eigenvalue weighted by molar-refractivity contribution is 5.73. The summed E-state index contributed by atoms with van der Waals surface area (Å²) in [6.07, 6.45) is -7.63. The first-order valence-corrected chi connectivity index (χ1v) is 3.59. The van der Waals surface area contributed by atoms with Crippen molar-refractivity contribution in [3.8, 4) is 0 Å². The maximum atomic E-state index is 11.9. The Labute approximate surface area is 73.8 Å². The second-order valence-electron chi connectivity index (χ2n) is 2.49. The second kappa shape index (κ2) is 4.45. The third-order valence-corrected chi connectivity index (χ3v) is 1.40. The Hall–Kier alpha value is -0.780. The molecule has 0 fully saturated rings. The van der Waals surface area contributed by atoms with Gasteiger partial charge < -0.3 is 9.47 Å². The number of methoxy groups -OCH3 is 1. The number of hydrogen-bond acceptors (Lipinski definition) is 3. The molecule has 0 saturated heterocycles. The topological polar surface area (TPSA) is 35.5 Å². The van der Waals surface area contributed by atoms with Gasteiger partial charge in [0.2, 0.25) is 0 Å². The van der Waals surface area contributed by atoms with Crippen molar-refractivity contribution < 1.29 is 27.4 Å². The molecule has 0 heterocycles. The van der Waals surface area contributed by atoms with Gasteiger partial charge >= 0.3 is 12.1 Å². The summed E-state index contributed by atoms with van der Waals surface area (Å²) in [5.74, 6) is -0.823. The number of hydrogen-bond donors (Lipinski definition) is 0. The lowest BCUT2D eigenvalue weighted by Crippen LogP contribution is -2.35. The van der Waals surface area contributed by atoms with Crippen LogP contribution in [0.5, 0.6) is 0 Å². The molecule has 0 aliphatic heterocycles. The zero-order chi connectivity index (χ0) is 10.6. The lowest BCUT2D eigenvalue weighted by molar-refractivity contribution is -0.227. The van der Waals surface area contributed by atoms with Crippen molar-refractivity contribution in [1.82, 2.24) is 0 Å². The summed E-state index contributed by atoms with van der Waals surface area (Å²) >= 11 is 0. The third-order valence-electron chi connectivity index (χ3n) is 1.40. The Kier molecular flexibility index (Phi) is 4.19. The van der Waals surface area contributed by atoms with Crippen LogP contribution in [0.3, 0.4) is 0 Å². The summed E-state index contributed by atoms with van der Waals surface area (Å²) in [6, 6.07) is 0. The average Bonchev–Trinajstić information content (AvgIpc) is 2.01. The highest BCUT2D eigenvalue weighted by Gasteiger charge is 2.38. The zero-order valence-corrected chi connectivity index (χ0v) is 7.51. The highest BCUT2D eigenvalue weighted by Crippen LogP contribution is 2.23. The van der Waals surface area contributed by atoms with Crippen molar-refractivity contribution in [3.63, 3.8) is 0 Å². The van der Waals surface area contributed by atoms with Crippen LogP contribution in [0.25, 0.3) is 0 Å². The SMILES string of the molecule is COC(=O)[C@@H](C)OC(C)C(F)(F)F. The fraction of sp³-hybridized carbons (Fsp3) is 0.857. The third kappa shape index (κ3) is 4.12. The van der Waals surface area contributed by atoms with Crippen LogP contribution in [0.4, 0.5) is 13.2 Å². The minimum absolute atomic E-state index is 0.823. The molecule has 6 heteroatoms. The van der Waals surface area contributed by atoms with E-state index in [0.29, 0.717) is 0 Å². The Morgan fingerprint density at radius 2 is 1.77 bits per heavy atom. The van der Waals surface area contributed by atoms with Crippen molar-refractivity contribution in [1.29, 1.82) is 0 Å². The average molecular weight is 200 g/mol. The van der Waals surface area contributed by atoms with E-state index in [2.05, 4.69) is 9.47 Å². The van der Waals surface area contributed by atoms with Gasteiger partial charge in [0.25, 0.3) is 0 Å². The molecule has 0 N–H and O–H groups in total. The molecule has 2 atom stereocenters. The monoisotopic (exact) mass is 200 g/mol. The smallest absolute Gasteiger partial charge is 0.414 e. The van der Waals surface area contributed by atoms with Gasteiger partial charge in [-0.15, -0.1) is 0 Å². The molecule has 0 aromatic heterocycles. The summed E-state index contributed by atoms with van der Waals surface area (Å²) in [5.41, 5.74) is 0. The molecule has 0 rings (SSSR count). The number of esters is 1. The molecule has 0 aromatic carbocycles. The minimum Gasteiger partial charge on any atom is -0.467 e. The van der Waals surface area contributed by atoms with E-state index >= 15 is 0 Å². The highest BCUT2D eigenvalue weighted by atomic mass is 19.4. The Balaban J connectivity index is 4.06. The molecule has 0 bridgehead atoms. The first kappa shape index (κ1) is 12.2. The number of rotatable bonds is 3. The molecule has 3 nitrogen and oxygen atoms in total. The number of halogens is 3. The van der Waals surface area contributed by atoms with Crippen molar-refractivity contribution in [2.75, 3.05) is 7.11 Å². The van der Waals surface area contributed by atoms with Crippen LogP contribution >= 0.6 is 0 Å². The van der Waals surface area contributed by atoms with Crippen LogP contribution in [0.1, 0.15) is 13.8 Å². The molecule has 13 heavy (non-hydrogen) atoms. The van der Waals surface area contributed by atoms with Crippen LogP contribution < -0.4 is 0 Å². The molecule has 0 aliphatic rings. The van der Waals surface area contributed by atoms with E-state index in [1.165, 1.54) is 6.92 Å². The molecule has 0 aromatic rings. The summed E-state index contributed by atoms with van der Waals surface area (Å²) in [6.45, 7) is 2.04. The van der Waals surface area contributed by atoms with E-state index in [0.717, 1.165) is 14.0 Å². The van der Waals surface area contributed by atoms with Crippen LogP contribution in [0.2, 0.25) is 0 Å². The predicted molar refractivity (Wildman–Crippen MR) is 38.1 cm³/mol. The van der Waals surface area contributed by atoms with Crippen LogP contribution in [0, 0.1) is 0 Å². The number of carbonyl (C=O) groups excluding carboxylic acids is 1. The quantitative estimate of drug-likeness (QED) is 0.648. The van der Waals surface area contributed by atoms with Gasteiger partial charge in [-0.1, -0.05) is 0 Å². The molecule has 0 spiro atoms. The fourth-order valence-electron chi connectivity index (χ4n) is 0.605. The van der Waals surface area contributed by atoms with Gasteiger partial charge in [-0.2, -0.15) is 13.2 Å². The Bertz CT molecular complexity index is 178. The number of ether oxygens (including phenoxy) is 2. The molecular weight excluding hydrogens is 189 g/mol. The molecule has 0 aliphatic carbocycles. The lowest BCUT2D eigenvalue weighted by Gasteiger charge is -2.19. The maximum absolute atomic E-state index is 11.9. The van der Waals surface area contributed by atoms with Gasteiger partial charge in [-0.3, -0.25) is 0 Å². The first-order chi connectivity index (χ1) is 5.79. The van der Waals surface area contributed by atoms with E-state index < -0.39 is 24.4 Å². The summed E-state index contributed by atoms with van der Waals surface area (Å²) in [4.78, 5) is 10.7. The van der Waals surface area contributed by atoms with Crippen LogP contribution in [-0.2, 0) is 14.3 Å². The van der Waals surface area contributed by atoms with Gasteiger partial charge in [0.05, 0.1) is 7.11 Å². The zero-order valence-electron chi connectivity index (χ0n) is 7.51. The largest absolute Gasteiger partial charge is 0.467 e. The number of alkyl halides is 3. The second-order valence-corrected chi connectivity index (χ2v) is 2.49. The molecule has 0 saturated carbocycles. The summed E-state index contributed by atoms with van der Waals surface area (Å²) in [7, 11) is 1.08. The number of carbonyl (C=O) groups is 1. The Morgan fingerprint density at radius 1 is 1.31 bits per heavy atom. The first-order valence-electron chi connectivity index (χ1n) is 3.59. The maximum Gasteiger partial charge on any atom is 0.414 e. The van der Waals surface area contributed by atoms with Gasteiger partial charge in [-0.25, -0.2) is 4.79 Å². The van der Waals surface area contributed by atoms with Crippen LogP contribution in [-0.4, -0.2) is 31.5 Å². The molecule has 1 unspecified atom stereocenters. The minimum atomic E-state index is -4.46. The van der Waals surface area contributed by atoms with Gasteiger partial charge in [0.15, 0.2) is 12.2 Å². The summed E-state index contributed by atoms with van der Waals surface area (Å²) in [5, 5.41) is 0. The van der Waals surface area contributed by atoms with Gasteiger partial charge in [0, 0.05) is 0 Å². The van der Waals surface area contributed by atoms with E-state index in [-0.39, 0.29) is 0 Å². The van der Waals surface area contributed by atoms with Gasteiger partial charge in [0.1, 0.15) is 0 Å². The fourth-order valence-corrected chi connectivity index (χ4v) is 0.605. The van der Waals surface area contributed by atoms with Crippen molar-refractivity contribution >= 4 is 5.97 Å². The normalized spacial score (nSPS) is 16.5. The van der Waals surface area contributed by atoms with E-state index in [1.54, 1.807) is 0 Å². The summed E-state index contributed by atoms with van der Waals surface area (Å²) < 4.78 is 44.3. The molecule has 78 valence electrons. The predicted octanol–water partition coefficient (Wildman–Crippen LogP) is 1.52. The van der Waals surface area contributed by atoms with E-state index in [9.17, 15) is 18.0 Å². The van der Waals surface area contributed by atoms with E-state index in [1.807, 2.05) is 0 Å². The standard InChI is InChI=1S/C7H11F3O3/c1-4(6(11)12-3)13-5(2)7(8,9)10/h4-5H,1-3H3/t4-,5?/m1/s1. The molecule has 0 amide bonds. The Morgan fingerprint density at radius 3 is 2.08 bits per heavy atom. The van der Waals surface area contributed by atoms with Crippen LogP contribution in [0.15, 0.2) is 0 Å². The van der Waals surface area contributed by atoms with Gasteiger partial charge in [-0.05, 0) is 13.8 Å². The molecular formula is C7H11F3O3. The van der Waals surface area contributed by atoms with Crippen molar-refractivity contribution in [2.24, 2.45) is 0 Å². The molecule has 0 radical (unpaired) electrons. The van der Waals surface area contributed by atoms with E-state index in [4.69, 9.17) is 0 Å². The van der Waals surface area contributed by atoms with Crippen molar-refractivity contribution in [2.45, 2.75) is 32.2 Å².